The number of nitrogens with zero attached hydrogens (tertiary/aromatic N) is 1. The lowest BCUT2D eigenvalue weighted by Gasteiger charge is -2.20. The van der Waals surface area contributed by atoms with Gasteiger partial charge in [0.2, 0.25) is 15.9 Å². The van der Waals surface area contributed by atoms with Gasteiger partial charge < -0.3 is 10.6 Å². The number of hydrogen-bond acceptors (Lipinski definition) is 4. The SMILES string of the molecule is CCN(CC)S(=O)(=O)c1ccc(C)c(C(=O)Nc2cc3c(cc2F)CCC(=O)N3)c1. The standard InChI is InChI=1S/C21H24FN3O4S/c1-4-25(5-2)30(28,29)15-8-6-13(3)16(11-15)21(27)24-19-12-18-14(10-17(19)22)7-9-20(26)23-18/h6,8,10-12H,4-5,7,9H2,1-3H3,(H,23,26)(H,24,27). The highest BCUT2D eigenvalue weighted by molar-refractivity contribution is 7.89. The van der Waals surface area contributed by atoms with E-state index in [1.165, 1.54) is 28.6 Å². The molecule has 9 heteroatoms. The number of benzene rings is 2. The van der Waals surface area contributed by atoms with Gasteiger partial charge in [-0.25, -0.2) is 12.8 Å². The zero-order valence-electron chi connectivity index (χ0n) is 17.1. The summed E-state index contributed by atoms with van der Waals surface area (Å²) in [5, 5.41) is 5.16. The van der Waals surface area contributed by atoms with Crippen molar-refractivity contribution in [2.45, 2.75) is 38.5 Å². The average Bonchev–Trinajstić information content (AvgIpc) is 2.69. The Balaban J connectivity index is 1.93. The van der Waals surface area contributed by atoms with Crippen LogP contribution >= 0.6 is 0 Å². The zero-order valence-corrected chi connectivity index (χ0v) is 17.9. The molecule has 0 unspecified atom stereocenters. The summed E-state index contributed by atoms with van der Waals surface area (Å²) in [5.74, 6) is -1.43. The van der Waals surface area contributed by atoms with Crippen molar-refractivity contribution in [3.63, 3.8) is 0 Å². The maximum absolute atomic E-state index is 14.5. The van der Waals surface area contributed by atoms with Gasteiger partial charge in [-0.15, -0.1) is 0 Å². The third-order valence-electron chi connectivity index (χ3n) is 5.13. The molecule has 0 saturated heterocycles. The quantitative estimate of drug-likeness (QED) is 0.731. The summed E-state index contributed by atoms with van der Waals surface area (Å²) in [6.45, 7) is 5.76. The van der Waals surface area contributed by atoms with Crippen molar-refractivity contribution in [1.82, 2.24) is 4.31 Å². The molecule has 1 aliphatic heterocycles. The highest BCUT2D eigenvalue weighted by Gasteiger charge is 2.24. The number of nitrogens with one attached hydrogen (secondary N) is 2. The molecule has 0 radical (unpaired) electrons. The van der Waals surface area contributed by atoms with E-state index in [1.807, 2.05) is 0 Å². The Kier molecular flexibility index (Phi) is 6.23. The van der Waals surface area contributed by atoms with Crippen LogP contribution < -0.4 is 10.6 Å². The predicted molar refractivity (Wildman–Crippen MR) is 113 cm³/mol. The number of anilines is 2. The number of aryl methyl sites for hydroxylation is 2. The van der Waals surface area contributed by atoms with Gasteiger partial charge in [-0.3, -0.25) is 9.59 Å². The number of carbonyl (C=O) groups is 2. The van der Waals surface area contributed by atoms with Gasteiger partial charge >= 0.3 is 0 Å². The lowest BCUT2D eigenvalue weighted by Crippen LogP contribution is -2.30. The first-order valence-electron chi connectivity index (χ1n) is 9.71. The topological polar surface area (TPSA) is 95.6 Å². The fourth-order valence-corrected chi connectivity index (χ4v) is 4.89. The second kappa shape index (κ2) is 8.53. The molecule has 7 nitrogen and oxygen atoms in total. The van der Waals surface area contributed by atoms with Crippen LogP contribution in [0.3, 0.4) is 0 Å². The van der Waals surface area contributed by atoms with Crippen molar-refractivity contribution in [2.24, 2.45) is 0 Å². The number of carbonyl (C=O) groups excluding carboxylic acids is 2. The van der Waals surface area contributed by atoms with Crippen LogP contribution in [0.2, 0.25) is 0 Å². The Morgan fingerprint density at radius 1 is 1.17 bits per heavy atom. The van der Waals surface area contributed by atoms with E-state index in [-0.39, 0.29) is 28.5 Å². The van der Waals surface area contributed by atoms with Crippen molar-refractivity contribution in [3.8, 4) is 0 Å². The first-order valence-corrected chi connectivity index (χ1v) is 11.2. The number of halogens is 1. The van der Waals surface area contributed by atoms with Crippen LogP contribution in [0, 0.1) is 12.7 Å². The molecular weight excluding hydrogens is 409 g/mol. The molecule has 2 amide bonds. The summed E-state index contributed by atoms with van der Waals surface area (Å²) in [7, 11) is -3.74. The Hall–Kier alpha value is -2.78. The second-order valence-electron chi connectivity index (χ2n) is 7.06. The molecule has 0 bridgehead atoms. The van der Waals surface area contributed by atoms with Crippen molar-refractivity contribution in [1.29, 1.82) is 0 Å². The van der Waals surface area contributed by atoms with Crippen LogP contribution in [0.25, 0.3) is 0 Å². The van der Waals surface area contributed by atoms with E-state index in [1.54, 1.807) is 26.8 Å². The van der Waals surface area contributed by atoms with E-state index in [0.717, 1.165) is 0 Å². The highest BCUT2D eigenvalue weighted by Crippen LogP contribution is 2.29. The van der Waals surface area contributed by atoms with E-state index in [0.29, 0.717) is 36.3 Å². The van der Waals surface area contributed by atoms with Crippen LogP contribution in [0.5, 0.6) is 0 Å². The lowest BCUT2D eigenvalue weighted by atomic mass is 10.0. The third kappa shape index (κ3) is 4.22. The maximum atomic E-state index is 14.5. The minimum atomic E-state index is -3.74. The van der Waals surface area contributed by atoms with Gasteiger partial charge in [0.15, 0.2) is 0 Å². The number of fused-ring (bicyclic) bond motifs is 1. The molecule has 2 aromatic rings. The smallest absolute Gasteiger partial charge is 0.256 e. The molecule has 0 fully saturated rings. The van der Waals surface area contributed by atoms with Crippen LogP contribution in [0.1, 0.15) is 41.8 Å². The fraction of sp³-hybridized carbons (Fsp3) is 0.333. The molecular formula is C21H24FN3O4S. The molecule has 0 aromatic heterocycles. The third-order valence-corrected chi connectivity index (χ3v) is 7.18. The van der Waals surface area contributed by atoms with Crippen LogP contribution in [-0.4, -0.2) is 37.6 Å². The number of amides is 2. The molecule has 2 N–H and O–H groups in total. The molecule has 0 spiro atoms. The minimum absolute atomic E-state index is 0.000117. The molecule has 30 heavy (non-hydrogen) atoms. The van der Waals surface area contributed by atoms with Gasteiger partial charge in [0.05, 0.1) is 10.6 Å². The van der Waals surface area contributed by atoms with Gasteiger partial charge in [-0.1, -0.05) is 19.9 Å². The molecule has 0 saturated carbocycles. The van der Waals surface area contributed by atoms with Gasteiger partial charge in [0, 0.05) is 30.8 Å². The first-order chi connectivity index (χ1) is 14.2. The van der Waals surface area contributed by atoms with E-state index in [2.05, 4.69) is 10.6 Å². The van der Waals surface area contributed by atoms with Crippen LogP contribution in [-0.2, 0) is 21.2 Å². The predicted octanol–water partition coefficient (Wildman–Crippen LogP) is 3.30. The zero-order chi connectivity index (χ0) is 22.1. The van der Waals surface area contributed by atoms with E-state index in [4.69, 9.17) is 0 Å². The van der Waals surface area contributed by atoms with Crippen molar-refractivity contribution in [3.05, 3.63) is 52.8 Å². The molecule has 160 valence electrons. The summed E-state index contributed by atoms with van der Waals surface area (Å²) >= 11 is 0. The second-order valence-corrected chi connectivity index (χ2v) is 9.00. The number of sulfonamides is 1. The Morgan fingerprint density at radius 3 is 2.53 bits per heavy atom. The number of rotatable bonds is 6. The van der Waals surface area contributed by atoms with Crippen molar-refractivity contribution < 1.29 is 22.4 Å². The van der Waals surface area contributed by atoms with E-state index >= 15 is 0 Å². The molecule has 0 atom stereocenters. The van der Waals surface area contributed by atoms with Crippen LogP contribution in [0.15, 0.2) is 35.2 Å². The summed E-state index contributed by atoms with van der Waals surface area (Å²) in [5.41, 5.74) is 1.71. The fourth-order valence-electron chi connectivity index (χ4n) is 3.40. The minimum Gasteiger partial charge on any atom is -0.326 e. The number of hydrogen-bond donors (Lipinski definition) is 2. The monoisotopic (exact) mass is 433 g/mol. The average molecular weight is 434 g/mol. The molecule has 1 aliphatic rings. The van der Waals surface area contributed by atoms with Gasteiger partial charge in [-0.2, -0.15) is 4.31 Å². The van der Waals surface area contributed by atoms with Crippen molar-refractivity contribution in [2.75, 3.05) is 23.7 Å². The van der Waals surface area contributed by atoms with Crippen LogP contribution in [0.4, 0.5) is 15.8 Å². The summed E-state index contributed by atoms with van der Waals surface area (Å²) in [4.78, 5) is 24.4. The first kappa shape index (κ1) is 21.9. The Labute approximate surface area is 175 Å². The summed E-state index contributed by atoms with van der Waals surface area (Å²) in [6.07, 6.45) is 0.710. The highest BCUT2D eigenvalue weighted by atomic mass is 32.2. The molecule has 3 rings (SSSR count). The van der Waals surface area contributed by atoms with Gasteiger partial charge in [0.1, 0.15) is 5.82 Å². The van der Waals surface area contributed by atoms with Gasteiger partial charge in [0.25, 0.3) is 5.91 Å². The Morgan fingerprint density at radius 2 is 1.87 bits per heavy atom. The largest absolute Gasteiger partial charge is 0.326 e. The lowest BCUT2D eigenvalue weighted by molar-refractivity contribution is -0.116. The van der Waals surface area contributed by atoms with Crippen molar-refractivity contribution >= 4 is 33.2 Å². The normalized spacial score (nSPS) is 13.7. The van der Waals surface area contributed by atoms with E-state index in [9.17, 15) is 22.4 Å². The van der Waals surface area contributed by atoms with Gasteiger partial charge in [-0.05, 0) is 48.7 Å². The maximum Gasteiger partial charge on any atom is 0.256 e. The van der Waals surface area contributed by atoms with E-state index < -0.39 is 21.7 Å². The summed E-state index contributed by atoms with van der Waals surface area (Å²) in [6, 6.07) is 6.98. The molecule has 2 aromatic carbocycles. The summed E-state index contributed by atoms with van der Waals surface area (Å²) < 4.78 is 41.3. The molecule has 0 aliphatic carbocycles. The Bertz CT molecular complexity index is 1110. The molecule has 1 heterocycles.